The highest BCUT2D eigenvalue weighted by Crippen LogP contribution is 2.30. The van der Waals surface area contributed by atoms with Crippen LogP contribution in [-0.4, -0.2) is 0 Å². The Morgan fingerprint density at radius 3 is 2.59 bits per heavy atom. The zero-order valence-corrected chi connectivity index (χ0v) is 11.1. The van der Waals surface area contributed by atoms with Gasteiger partial charge in [-0.1, -0.05) is 30.3 Å². The van der Waals surface area contributed by atoms with Crippen molar-refractivity contribution in [3.8, 4) is 11.1 Å². The smallest absolute Gasteiger partial charge is 0.145 e. The molecule has 0 aliphatic carbocycles. The van der Waals surface area contributed by atoms with Gasteiger partial charge in [0.25, 0.3) is 0 Å². The van der Waals surface area contributed by atoms with Gasteiger partial charge in [0, 0.05) is 12.1 Å². The van der Waals surface area contributed by atoms with Gasteiger partial charge < -0.3 is 5.73 Å². The first kappa shape index (κ1) is 12.3. The van der Waals surface area contributed by atoms with Crippen LogP contribution >= 0.6 is 15.9 Å². The first-order valence-corrected chi connectivity index (χ1v) is 6.16. The summed E-state index contributed by atoms with van der Waals surface area (Å²) >= 11 is 3.20. The van der Waals surface area contributed by atoms with Crippen molar-refractivity contribution in [2.75, 3.05) is 0 Å². The van der Waals surface area contributed by atoms with E-state index in [0.717, 1.165) is 16.7 Å². The average Bonchev–Trinajstić information content (AvgIpc) is 2.33. The van der Waals surface area contributed by atoms with E-state index in [4.69, 9.17) is 5.73 Å². The highest BCUT2D eigenvalue weighted by Gasteiger charge is 2.10. The molecule has 0 heterocycles. The Morgan fingerprint density at radius 2 is 1.94 bits per heavy atom. The van der Waals surface area contributed by atoms with Gasteiger partial charge in [0.05, 0.1) is 4.47 Å². The lowest BCUT2D eigenvalue weighted by Gasteiger charge is -2.09. The van der Waals surface area contributed by atoms with Crippen LogP contribution in [0.4, 0.5) is 4.39 Å². The Morgan fingerprint density at radius 1 is 1.18 bits per heavy atom. The van der Waals surface area contributed by atoms with Crippen LogP contribution < -0.4 is 5.73 Å². The van der Waals surface area contributed by atoms with Crippen molar-refractivity contribution < 1.29 is 4.39 Å². The van der Waals surface area contributed by atoms with E-state index in [9.17, 15) is 4.39 Å². The third-order valence-electron chi connectivity index (χ3n) is 2.77. The first-order chi connectivity index (χ1) is 8.13. The molecule has 0 bridgehead atoms. The van der Waals surface area contributed by atoms with Gasteiger partial charge in [-0.2, -0.15) is 0 Å². The second-order valence-corrected chi connectivity index (χ2v) is 4.81. The van der Waals surface area contributed by atoms with Crippen LogP contribution in [0, 0.1) is 12.7 Å². The SMILES string of the molecule is Cc1cc(CN)ccc1-c1cccc(Br)c1F. The molecule has 0 aliphatic heterocycles. The molecule has 0 fully saturated rings. The van der Waals surface area contributed by atoms with Crippen molar-refractivity contribution in [2.24, 2.45) is 5.73 Å². The van der Waals surface area contributed by atoms with Gasteiger partial charge in [-0.3, -0.25) is 0 Å². The van der Waals surface area contributed by atoms with Gasteiger partial charge >= 0.3 is 0 Å². The Kier molecular flexibility index (Phi) is 3.60. The maximum absolute atomic E-state index is 14.0. The largest absolute Gasteiger partial charge is 0.326 e. The van der Waals surface area contributed by atoms with Crippen LogP contribution in [0.3, 0.4) is 0 Å². The third kappa shape index (κ3) is 2.40. The molecule has 2 N–H and O–H groups in total. The van der Waals surface area contributed by atoms with Crippen LogP contribution in [0.25, 0.3) is 11.1 Å². The number of hydrogen-bond donors (Lipinski definition) is 1. The van der Waals surface area contributed by atoms with Gasteiger partial charge in [0.1, 0.15) is 5.82 Å². The van der Waals surface area contributed by atoms with Gasteiger partial charge in [-0.05, 0) is 45.6 Å². The van der Waals surface area contributed by atoms with Crippen molar-refractivity contribution in [3.63, 3.8) is 0 Å². The summed E-state index contributed by atoms with van der Waals surface area (Å²) in [6, 6.07) is 11.2. The molecule has 88 valence electrons. The van der Waals surface area contributed by atoms with E-state index in [1.54, 1.807) is 12.1 Å². The second kappa shape index (κ2) is 4.98. The van der Waals surface area contributed by atoms with Crippen LogP contribution in [0.5, 0.6) is 0 Å². The monoisotopic (exact) mass is 293 g/mol. The van der Waals surface area contributed by atoms with E-state index >= 15 is 0 Å². The molecule has 0 aliphatic rings. The van der Waals surface area contributed by atoms with Gasteiger partial charge in [0.2, 0.25) is 0 Å². The van der Waals surface area contributed by atoms with E-state index in [1.807, 2.05) is 31.2 Å². The van der Waals surface area contributed by atoms with Crippen molar-refractivity contribution >= 4 is 15.9 Å². The Labute approximate surface area is 109 Å². The summed E-state index contributed by atoms with van der Waals surface area (Å²) in [4.78, 5) is 0. The van der Waals surface area contributed by atoms with Crippen molar-refractivity contribution in [1.29, 1.82) is 0 Å². The topological polar surface area (TPSA) is 26.0 Å². The van der Waals surface area contributed by atoms with Crippen LogP contribution in [0.2, 0.25) is 0 Å². The molecule has 0 atom stereocenters. The highest BCUT2D eigenvalue weighted by molar-refractivity contribution is 9.10. The summed E-state index contributed by atoms with van der Waals surface area (Å²) in [6.07, 6.45) is 0. The van der Waals surface area contributed by atoms with E-state index in [1.165, 1.54) is 0 Å². The van der Waals surface area contributed by atoms with Crippen molar-refractivity contribution in [3.05, 3.63) is 57.8 Å². The molecule has 1 nitrogen and oxygen atoms in total. The molecule has 2 aromatic rings. The second-order valence-electron chi connectivity index (χ2n) is 3.95. The number of rotatable bonds is 2. The molecule has 2 aromatic carbocycles. The number of benzene rings is 2. The normalized spacial score (nSPS) is 10.6. The molecular formula is C14H13BrFN. The van der Waals surface area contributed by atoms with Crippen LogP contribution in [0.1, 0.15) is 11.1 Å². The Hall–Kier alpha value is -1.19. The maximum Gasteiger partial charge on any atom is 0.145 e. The number of aryl methyl sites for hydroxylation is 1. The summed E-state index contributed by atoms with van der Waals surface area (Å²) in [5.74, 6) is -0.226. The van der Waals surface area contributed by atoms with Crippen molar-refractivity contribution in [1.82, 2.24) is 0 Å². The fraction of sp³-hybridized carbons (Fsp3) is 0.143. The minimum atomic E-state index is -0.226. The molecule has 17 heavy (non-hydrogen) atoms. The summed E-state index contributed by atoms with van der Waals surface area (Å²) in [6.45, 7) is 2.47. The summed E-state index contributed by atoms with van der Waals surface area (Å²) in [7, 11) is 0. The molecule has 0 aromatic heterocycles. The number of halogens is 2. The highest BCUT2D eigenvalue weighted by atomic mass is 79.9. The van der Waals surface area contributed by atoms with Gasteiger partial charge in [-0.25, -0.2) is 4.39 Å². The molecule has 0 radical (unpaired) electrons. The quantitative estimate of drug-likeness (QED) is 0.889. The molecule has 0 saturated carbocycles. The lowest BCUT2D eigenvalue weighted by atomic mass is 9.98. The molecule has 3 heteroatoms. The van der Waals surface area contributed by atoms with E-state index in [0.29, 0.717) is 16.6 Å². The predicted molar refractivity (Wildman–Crippen MR) is 72.2 cm³/mol. The standard InChI is InChI=1S/C14H13BrFN/c1-9-7-10(8-17)5-6-11(9)12-3-2-4-13(15)14(12)16/h2-7H,8,17H2,1H3. The fourth-order valence-corrected chi connectivity index (χ4v) is 2.23. The zero-order valence-electron chi connectivity index (χ0n) is 9.50. The van der Waals surface area contributed by atoms with Crippen LogP contribution in [-0.2, 0) is 6.54 Å². The minimum absolute atomic E-state index is 0.226. The maximum atomic E-state index is 14.0. The molecule has 0 saturated heterocycles. The van der Waals surface area contributed by atoms with E-state index in [2.05, 4.69) is 15.9 Å². The zero-order chi connectivity index (χ0) is 12.4. The average molecular weight is 294 g/mol. The lowest BCUT2D eigenvalue weighted by Crippen LogP contribution is -1.97. The third-order valence-corrected chi connectivity index (χ3v) is 3.38. The molecule has 0 unspecified atom stereocenters. The van der Waals surface area contributed by atoms with Gasteiger partial charge in [0.15, 0.2) is 0 Å². The Bertz CT molecular complexity index is 552. The molecule has 0 amide bonds. The lowest BCUT2D eigenvalue weighted by molar-refractivity contribution is 0.624. The van der Waals surface area contributed by atoms with E-state index < -0.39 is 0 Å². The van der Waals surface area contributed by atoms with E-state index in [-0.39, 0.29) is 5.82 Å². The summed E-state index contributed by atoms with van der Waals surface area (Å²) in [5, 5.41) is 0. The van der Waals surface area contributed by atoms with Gasteiger partial charge in [-0.15, -0.1) is 0 Å². The van der Waals surface area contributed by atoms with Crippen molar-refractivity contribution in [2.45, 2.75) is 13.5 Å². The minimum Gasteiger partial charge on any atom is -0.326 e. The summed E-state index contributed by atoms with van der Waals surface area (Å²) in [5.41, 5.74) is 9.18. The molecule has 2 rings (SSSR count). The van der Waals surface area contributed by atoms with Crippen LogP contribution in [0.15, 0.2) is 40.9 Å². The summed E-state index contributed by atoms with van der Waals surface area (Å²) < 4.78 is 14.5. The number of nitrogens with two attached hydrogens (primary N) is 1. The fourth-order valence-electron chi connectivity index (χ4n) is 1.87. The predicted octanol–water partition coefficient (Wildman–Crippen LogP) is 4.02. The number of hydrogen-bond acceptors (Lipinski definition) is 1. The Balaban J connectivity index is 2.57. The first-order valence-electron chi connectivity index (χ1n) is 5.37. The molecular weight excluding hydrogens is 281 g/mol. The molecule has 0 spiro atoms.